The SMILES string of the molecule is CC(=O)NCc1ccc(-c2csc(NC(=O)c3ccccc3F)n2)cc1. The number of nitrogens with zero attached hydrogens (tertiary/aromatic N) is 1. The lowest BCUT2D eigenvalue weighted by Crippen LogP contribution is -2.18. The molecule has 1 heterocycles. The van der Waals surface area contributed by atoms with Gasteiger partial charge < -0.3 is 5.32 Å². The van der Waals surface area contributed by atoms with E-state index in [1.54, 1.807) is 6.07 Å². The van der Waals surface area contributed by atoms with Crippen molar-refractivity contribution in [3.8, 4) is 11.3 Å². The summed E-state index contributed by atoms with van der Waals surface area (Å²) < 4.78 is 13.7. The number of halogens is 1. The topological polar surface area (TPSA) is 71.1 Å². The molecule has 0 saturated carbocycles. The number of nitrogens with one attached hydrogen (secondary N) is 2. The zero-order chi connectivity index (χ0) is 18.5. The van der Waals surface area contributed by atoms with Gasteiger partial charge in [-0.3, -0.25) is 14.9 Å². The molecule has 0 bridgehead atoms. The van der Waals surface area contributed by atoms with Gasteiger partial charge in [-0.25, -0.2) is 9.37 Å². The summed E-state index contributed by atoms with van der Waals surface area (Å²) in [5, 5.41) is 7.57. The van der Waals surface area contributed by atoms with E-state index in [9.17, 15) is 14.0 Å². The molecule has 2 aromatic carbocycles. The summed E-state index contributed by atoms with van der Waals surface area (Å²) in [7, 11) is 0. The highest BCUT2D eigenvalue weighted by molar-refractivity contribution is 7.14. The highest BCUT2D eigenvalue weighted by atomic mass is 32.1. The Bertz CT molecular complexity index is 938. The second-order valence-electron chi connectivity index (χ2n) is 5.58. The molecule has 0 saturated heterocycles. The van der Waals surface area contributed by atoms with Gasteiger partial charge in [0.2, 0.25) is 5.91 Å². The minimum atomic E-state index is -0.573. The summed E-state index contributed by atoms with van der Waals surface area (Å²) >= 11 is 1.27. The summed E-state index contributed by atoms with van der Waals surface area (Å²) in [6.07, 6.45) is 0. The van der Waals surface area contributed by atoms with Gasteiger partial charge in [0.25, 0.3) is 5.91 Å². The Balaban J connectivity index is 1.69. The van der Waals surface area contributed by atoms with Crippen LogP contribution in [0.3, 0.4) is 0 Å². The highest BCUT2D eigenvalue weighted by Crippen LogP contribution is 2.25. The lowest BCUT2D eigenvalue weighted by molar-refractivity contribution is -0.119. The van der Waals surface area contributed by atoms with Crippen molar-refractivity contribution >= 4 is 28.3 Å². The molecule has 0 radical (unpaired) electrons. The molecule has 0 aliphatic heterocycles. The van der Waals surface area contributed by atoms with Gasteiger partial charge >= 0.3 is 0 Å². The molecule has 26 heavy (non-hydrogen) atoms. The molecule has 0 spiro atoms. The third kappa shape index (κ3) is 4.31. The maximum atomic E-state index is 13.7. The summed E-state index contributed by atoms with van der Waals surface area (Å²) in [6, 6.07) is 13.4. The number of aromatic nitrogens is 1. The number of rotatable bonds is 5. The van der Waals surface area contributed by atoms with Crippen LogP contribution in [-0.4, -0.2) is 16.8 Å². The van der Waals surface area contributed by atoms with E-state index >= 15 is 0 Å². The first-order valence-electron chi connectivity index (χ1n) is 7.88. The number of carbonyl (C=O) groups excluding carboxylic acids is 2. The van der Waals surface area contributed by atoms with Crippen molar-refractivity contribution in [2.75, 3.05) is 5.32 Å². The van der Waals surface area contributed by atoms with Crippen LogP contribution in [0.1, 0.15) is 22.8 Å². The number of hydrogen-bond acceptors (Lipinski definition) is 4. The van der Waals surface area contributed by atoms with Gasteiger partial charge in [-0.15, -0.1) is 11.3 Å². The molecule has 3 rings (SSSR count). The van der Waals surface area contributed by atoms with E-state index < -0.39 is 11.7 Å². The fraction of sp³-hybridized carbons (Fsp3) is 0.105. The van der Waals surface area contributed by atoms with Crippen LogP contribution in [-0.2, 0) is 11.3 Å². The first kappa shape index (κ1) is 17.8. The average molecular weight is 369 g/mol. The number of hydrogen-bond donors (Lipinski definition) is 2. The maximum Gasteiger partial charge on any atom is 0.260 e. The van der Waals surface area contributed by atoms with Gasteiger partial charge in [-0.05, 0) is 17.7 Å². The van der Waals surface area contributed by atoms with Crippen molar-refractivity contribution in [3.63, 3.8) is 0 Å². The molecular formula is C19H16FN3O2S. The number of thiazole rings is 1. The van der Waals surface area contributed by atoms with E-state index in [0.717, 1.165) is 11.1 Å². The molecule has 0 unspecified atom stereocenters. The third-order valence-corrected chi connectivity index (χ3v) is 4.39. The van der Waals surface area contributed by atoms with Crippen molar-refractivity contribution < 1.29 is 14.0 Å². The fourth-order valence-electron chi connectivity index (χ4n) is 2.29. The molecule has 132 valence electrons. The van der Waals surface area contributed by atoms with Crippen molar-refractivity contribution in [1.29, 1.82) is 0 Å². The largest absolute Gasteiger partial charge is 0.352 e. The minimum absolute atomic E-state index is 0.0217. The average Bonchev–Trinajstić information content (AvgIpc) is 3.09. The van der Waals surface area contributed by atoms with Gasteiger partial charge in [0.15, 0.2) is 5.13 Å². The molecule has 1 aromatic heterocycles. The molecule has 0 aliphatic rings. The molecule has 0 atom stereocenters. The maximum absolute atomic E-state index is 13.7. The van der Waals surface area contributed by atoms with Crippen molar-refractivity contribution in [2.24, 2.45) is 0 Å². The number of anilines is 1. The van der Waals surface area contributed by atoms with E-state index in [1.807, 2.05) is 29.6 Å². The molecule has 7 heteroatoms. The standard InChI is InChI=1S/C19H16FN3O2S/c1-12(24)21-10-13-6-8-14(9-7-13)17-11-26-19(22-17)23-18(25)15-4-2-3-5-16(15)20/h2-9,11H,10H2,1H3,(H,21,24)(H,22,23,25). The third-order valence-electron chi connectivity index (χ3n) is 3.63. The smallest absolute Gasteiger partial charge is 0.260 e. The lowest BCUT2D eigenvalue weighted by atomic mass is 10.1. The van der Waals surface area contributed by atoms with Gasteiger partial charge in [0.05, 0.1) is 11.3 Å². The first-order valence-corrected chi connectivity index (χ1v) is 8.76. The van der Waals surface area contributed by atoms with Crippen LogP contribution in [0.5, 0.6) is 0 Å². The summed E-state index contributed by atoms with van der Waals surface area (Å²) in [5.41, 5.74) is 2.56. The fourth-order valence-corrected chi connectivity index (χ4v) is 3.01. The molecular weight excluding hydrogens is 353 g/mol. The van der Waals surface area contributed by atoms with Crippen LogP contribution >= 0.6 is 11.3 Å². The van der Waals surface area contributed by atoms with Crippen molar-refractivity contribution in [2.45, 2.75) is 13.5 Å². The van der Waals surface area contributed by atoms with Crippen LogP contribution in [0.4, 0.5) is 9.52 Å². The van der Waals surface area contributed by atoms with Crippen molar-refractivity contribution in [3.05, 3.63) is 70.9 Å². The van der Waals surface area contributed by atoms with Crippen LogP contribution in [0, 0.1) is 5.82 Å². The Morgan fingerprint density at radius 3 is 2.54 bits per heavy atom. The number of amides is 2. The van der Waals surface area contributed by atoms with Crippen molar-refractivity contribution in [1.82, 2.24) is 10.3 Å². The second-order valence-corrected chi connectivity index (χ2v) is 6.44. The van der Waals surface area contributed by atoms with Gasteiger partial charge in [0, 0.05) is 24.4 Å². The van der Waals surface area contributed by atoms with Gasteiger partial charge in [-0.2, -0.15) is 0 Å². The summed E-state index contributed by atoms with van der Waals surface area (Å²) in [5.74, 6) is -1.19. The lowest BCUT2D eigenvalue weighted by Gasteiger charge is -2.04. The monoisotopic (exact) mass is 369 g/mol. The van der Waals surface area contributed by atoms with E-state index in [-0.39, 0.29) is 11.5 Å². The predicted molar refractivity (Wildman–Crippen MR) is 99.4 cm³/mol. The van der Waals surface area contributed by atoms with Gasteiger partial charge in [-0.1, -0.05) is 36.4 Å². The number of benzene rings is 2. The molecule has 5 nitrogen and oxygen atoms in total. The minimum Gasteiger partial charge on any atom is -0.352 e. The summed E-state index contributed by atoms with van der Waals surface area (Å²) in [6.45, 7) is 1.94. The van der Waals surface area contributed by atoms with Crippen LogP contribution in [0.15, 0.2) is 53.9 Å². The van der Waals surface area contributed by atoms with E-state index in [1.165, 1.54) is 36.5 Å². The van der Waals surface area contributed by atoms with E-state index in [4.69, 9.17) is 0 Å². The Morgan fingerprint density at radius 2 is 1.85 bits per heavy atom. The Kier molecular flexibility index (Phi) is 5.38. The Morgan fingerprint density at radius 1 is 1.12 bits per heavy atom. The Hall–Kier alpha value is -3.06. The van der Waals surface area contributed by atoms with E-state index in [0.29, 0.717) is 17.4 Å². The summed E-state index contributed by atoms with van der Waals surface area (Å²) in [4.78, 5) is 27.4. The predicted octanol–water partition coefficient (Wildman–Crippen LogP) is 3.84. The van der Waals surface area contributed by atoms with E-state index in [2.05, 4.69) is 15.6 Å². The first-order chi connectivity index (χ1) is 12.5. The molecule has 2 N–H and O–H groups in total. The quantitative estimate of drug-likeness (QED) is 0.718. The zero-order valence-electron chi connectivity index (χ0n) is 14.0. The van der Waals surface area contributed by atoms with Crippen LogP contribution < -0.4 is 10.6 Å². The molecule has 0 fully saturated rings. The normalized spacial score (nSPS) is 10.4. The Labute approximate surface area is 153 Å². The molecule has 0 aliphatic carbocycles. The number of carbonyl (C=O) groups is 2. The van der Waals surface area contributed by atoms with Crippen LogP contribution in [0.2, 0.25) is 0 Å². The molecule has 2 amide bonds. The molecule has 3 aromatic rings. The van der Waals surface area contributed by atoms with Crippen LogP contribution in [0.25, 0.3) is 11.3 Å². The zero-order valence-corrected chi connectivity index (χ0v) is 14.8. The second kappa shape index (κ2) is 7.88. The van der Waals surface area contributed by atoms with Gasteiger partial charge in [0.1, 0.15) is 5.82 Å². The highest BCUT2D eigenvalue weighted by Gasteiger charge is 2.13.